The SMILES string of the molecule is O=C(Cn1cnc2sccc2c1=O)NCc1ccc(CN2CCCC2=O)cc1. The van der Waals surface area contributed by atoms with Crippen LogP contribution in [0.25, 0.3) is 10.2 Å². The first-order valence-corrected chi connectivity index (χ1v) is 10.0. The zero-order valence-electron chi connectivity index (χ0n) is 15.3. The molecule has 0 spiro atoms. The van der Waals surface area contributed by atoms with Gasteiger partial charge in [0.25, 0.3) is 5.56 Å². The van der Waals surface area contributed by atoms with E-state index in [4.69, 9.17) is 0 Å². The molecule has 1 aromatic carbocycles. The summed E-state index contributed by atoms with van der Waals surface area (Å²) in [6, 6.07) is 9.57. The van der Waals surface area contributed by atoms with Gasteiger partial charge in [0.2, 0.25) is 11.8 Å². The lowest BCUT2D eigenvalue weighted by Gasteiger charge is -2.15. The predicted octanol–water partition coefficient (Wildman–Crippen LogP) is 1.90. The molecule has 0 unspecified atom stereocenters. The maximum absolute atomic E-state index is 12.3. The number of likely N-dealkylation sites (tertiary alicyclic amines) is 1. The van der Waals surface area contributed by atoms with Crippen LogP contribution in [0.15, 0.2) is 46.8 Å². The second-order valence-electron chi connectivity index (χ2n) is 6.83. The molecule has 8 heteroatoms. The van der Waals surface area contributed by atoms with Crippen molar-refractivity contribution in [1.29, 1.82) is 0 Å². The number of carbonyl (C=O) groups is 2. The van der Waals surface area contributed by atoms with Gasteiger partial charge in [0, 0.05) is 26.1 Å². The summed E-state index contributed by atoms with van der Waals surface area (Å²) in [4.78, 5) is 43.0. The molecular formula is C20H20N4O3S. The molecule has 1 N–H and O–H groups in total. The molecule has 0 radical (unpaired) electrons. The molecule has 144 valence electrons. The Hall–Kier alpha value is -3.00. The smallest absolute Gasteiger partial charge is 0.262 e. The zero-order chi connectivity index (χ0) is 19.5. The number of fused-ring (bicyclic) bond motifs is 1. The van der Waals surface area contributed by atoms with Crippen molar-refractivity contribution in [2.75, 3.05) is 6.54 Å². The van der Waals surface area contributed by atoms with Gasteiger partial charge >= 0.3 is 0 Å². The average Bonchev–Trinajstić information content (AvgIpc) is 3.33. The number of nitrogens with zero attached hydrogens (tertiary/aromatic N) is 3. The highest BCUT2D eigenvalue weighted by atomic mass is 32.1. The monoisotopic (exact) mass is 396 g/mol. The largest absolute Gasteiger partial charge is 0.350 e. The number of thiophene rings is 1. The van der Waals surface area contributed by atoms with Crippen LogP contribution in [0, 0.1) is 0 Å². The topological polar surface area (TPSA) is 84.3 Å². The van der Waals surface area contributed by atoms with Gasteiger partial charge in [-0.15, -0.1) is 11.3 Å². The highest BCUT2D eigenvalue weighted by molar-refractivity contribution is 7.16. The van der Waals surface area contributed by atoms with Crippen LogP contribution in [0.5, 0.6) is 0 Å². The van der Waals surface area contributed by atoms with Crippen LogP contribution in [0.3, 0.4) is 0 Å². The molecule has 1 fully saturated rings. The van der Waals surface area contributed by atoms with E-state index in [0.29, 0.717) is 29.7 Å². The van der Waals surface area contributed by atoms with Gasteiger partial charge in [-0.1, -0.05) is 24.3 Å². The number of benzene rings is 1. The van der Waals surface area contributed by atoms with Crippen molar-refractivity contribution in [2.24, 2.45) is 0 Å². The summed E-state index contributed by atoms with van der Waals surface area (Å²) in [6.45, 7) is 1.77. The second kappa shape index (κ2) is 7.93. The molecule has 0 saturated carbocycles. The van der Waals surface area contributed by atoms with E-state index in [0.717, 1.165) is 24.1 Å². The van der Waals surface area contributed by atoms with Crippen LogP contribution >= 0.6 is 11.3 Å². The molecule has 1 aliphatic heterocycles. The number of hydrogen-bond donors (Lipinski definition) is 1. The first kappa shape index (κ1) is 18.4. The van der Waals surface area contributed by atoms with E-state index in [1.165, 1.54) is 22.2 Å². The van der Waals surface area contributed by atoms with Crippen LogP contribution in [0.2, 0.25) is 0 Å². The van der Waals surface area contributed by atoms with E-state index in [1.54, 1.807) is 6.07 Å². The molecule has 28 heavy (non-hydrogen) atoms. The first-order valence-electron chi connectivity index (χ1n) is 9.15. The Morgan fingerprint density at radius 2 is 1.93 bits per heavy atom. The van der Waals surface area contributed by atoms with Gasteiger partial charge in [-0.3, -0.25) is 19.0 Å². The fourth-order valence-electron chi connectivity index (χ4n) is 3.27. The van der Waals surface area contributed by atoms with E-state index in [-0.39, 0.29) is 23.9 Å². The summed E-state index contributed by atoms with van der Waals surface area (Å²) in [5, 5.41) is 5.17. The third-order valence-electron chi connectivity index (χ3n) is 4.82. The zero-order valence-corrected chi connectivity index (χ0v) is 16.1. The van der Waals surface area contributed by atoms with Crippen LogP contribution < -0.4 is 10.9 Å². The standard InChI is InChI=1S/C20H20N4O3S/c25-17(12-24-13-22-19-16(20(24)27)7-9-28-19)21-10-14-3-5-15(6-4-14)11-23-8-1-2-18(23)26/h3-7,9,13H,1-2,8,10-12H2,(H,21,25). The Morgan fingerprint density at radius 1 is 1.14 bits per heavy atom. The quantitative estimate of drug-likeness (QED) is 0.690. The average molecular weight is 396 g/mol. The van der Waals surface area contributed by atoms with E-state index in [1.807, 2.05) is 34.5 Å². The predicted molar refractivity (Wildman–Crippen MR) is 107 cm³/mol. The maximum atomic E-state index is 12.3. The molecule has 2 aromatic heterocycles. The highest BCUT2D eigenvalue weighted by Gasteiger charge is 2.19. The number of rotatable bonds is 6. The van der Waals surface area contributed by atoms with Crippen LogP contribution in [-0.2, 0) is 29.2 Å². The number of hydrogen-bond acceptors (Lipinski definition) is 5. The fraction of sp³-hybridized carbons (Fsp3) is 0.300. The van der Waals surface area contributed by atoms with E-state index < -0.39 is 0 Å². The summed E-state index contributed by atoms with van der Waals surface area (Å²) in [6.07, 6.45) is 2.98. The van der Waals surface area contributed by atoms with Crippen LogP contribution in [0.4, 0.5) is 0 Å². The minimum Gasteiger partial charge on any atom is -0.350 e. The number of amides is 2. The summed E-state index contributed by atoms with van der Waals surface area (Å²) in [5.74, 6) is -0.0352. The maximum Gasteiger partial charge on any atom is 0.262 e. The Labute approximate surface area is 165 Å². The minimum atomic E-state index is -0.245. The number of carbonyl (C=O) groups excluding carboxylic acids is 2. The summed E-state index contributed by atoms with van der Waals surface area (Å²) >= 11 is 1.40. The minimum absolute atomic E-state index is 0.0627. The summed E-state index contributed by atoms with van der Waals surface area (Å²) < 4.78 is 1.32. The van der Waals surface area contributed by atoms with Crippen LogP contribution in [-0.4, -0.2) is 32.8 Å². The highest BCUT2D eigenvalue weighted by Crippen LogP contribution is 2.15. The molecule has 7 nitrogen and oxygen atoms in total. The lowest BCUT2D eigenvalue weighted by atomic mass is 10.1. The van der Waals surface area contributed by atoms with Crippen molar-refractivity contribution in [3.63, 3.8) is 0 Å². The van der Waals surface area contributed by atoms with Gasteiger partial charge in [-0.2, -0.15) is 0 Å². The summed E-state index contributed by atoms with van der Waals surface area (Å²) in [5.41, 5.74) is 1.83. The Kier molecular flexibility index (Phi) is 5.21. The van der Waals surface area contributed by atoms with Gasteiger partial charge in [0.1, 0.15) is 11.4 Å². The Balaban J connectivity index is 1.32. The summed E-state index contributed by atoms with van der Waals surface area (Å²) in [7, 11) is 0. The van der Waals surface area contributed by atoms with E-state index in [2.05, 4.69) is 10.3 Å². The normalized spacial score (nSPS) is 14.0. The fourth-order valence-corrected chi connectivity index (χ4v) is 3.99. The van der Waals surface area contributed by atoms with E-state index >= 15 is 0 Å². The molecule has 0 bridgehead atoms. The number of aromatic nitrogens is 2. The molecule has 0 atom stereocenters. The molecule has 3 heterocycles. The molecule has 1 saturated heterocycles. The molecule has 0 aliphatic carbocycles. The second-order valence-corrected chi connectivity index (χ2v) is 7.72. The van der Waals surface area contributed by atoms with Gasteiger partial charge in [-0.05, 0) is 29.0 Å². The van der Waals surface area contributed by atoms with Crippen LogP contribution in [0.1, 0.15) is 24.0 Å². The van der Waals surface area contributed by atoms with Crippen molar-refractivity contribution in [2.45, 2.75) is 32.5 Å². The third-order valence-corrected chi connectivity index (χ3v) is 5.64. The first-order chi connectivity index (χ1) is 13.6. The van der Waals surface area contributed by atoms with Crippen molar-refractivity contribution in [3.8, 4) is 0 Å². The van der Waals surface area contributed by atoms with Gasteiger partial charge in [0.15, 0.2) is 0 Å². The van der Waals surface area contributed by atoms with Gasteiger partial charge < -0.3 is 10.2 Å². The van der Waals surface area contributed by atoms with Crippen molar-refractivity contribution >= 4 is 33.4 Å². The molecule has 4 rings (SSSR count). The molecular weight excluding hydrogens is 376 g/mol. The molecule has 2 amide bonds. The van der Waals surface area contributed by atoms with Crippen molar-refractivity contribution < 1.29 is 9.59 Å². The number of nitrogens with one attached hydrogen (secondary N) is 1. The van der Waals surface area contributed by atoms with Crippen molar-refractivity contribution in [1.82, 2.24) is 19.8 Å². The van der Waals surface area contributed by atoms with E-state index in [9.17, 15) is 14.4 Å². The molecule has 1 aliphatic rings. The lowest BCUT2D eigenvalue weighted by Crippen LogP contribution is -2.32. The molecule has 3 aromatic rings. The third kappa shape index (κ3) is 3.96. The van der Waals surface area contributed by atoms with Gasteiger partial charge in [0.05, 0.1) is 11.7 Å². The van der Waals surface area contributed by atoms with Crippen molar-refractivity contribution in [3.05, 3.63) is 63.5 Å². The Morgan fingerprint density at radius 3 is 2.68 bits per heavy atom. The Bertz CT molecular complexity index is 1070. The van der Waals surface area contributed by atoms with Gasteiger partial charge in [-0.25, -0.2) is 4.98 Å². The lowest BCUT2D eigenvalue weighted by molar-refractivity contribution is -0.128.